The molecule has 0 unspecified atom stereocenters. The molecule has 0 radical (unpaired) electrons. The lowest BCUT2D eigenvalue weighted by molar-refractivity contribution is 0.141. The summed E-state index contributed by atoms with van der Waals surface area (Å²) in [4.78, 5) is 25.1. The van der Waals surface area contributed by atoms with Crippen LogP contribution >= 0.6 is 0 Å². The standard InChI is InChI=1S/C48H68B2F4O3/c1-3-5-31-7-17-35(18-8-31)37-21-11-33(12-22-37)15-25-39-27-29-41(45(53)43(39)51)49-47(55)57-48(56)50-42-30-28-40(44(52)46(42)54)26-16-34-13-23-38(24-14-34)36-19-9-32(6-4-2)10-20-36/h27-38,49-50H,3-26H2,1-2H3. The van der Waals surface area contributed by atoms with Gasteiger partial charge in [0.1, 0.15) is 0 Å². The molecular weight excluding hydrogens is 722 g/mol. The number of hydrogen-bond donors (Lipinski definition) is 0. The maximum absolute atomic E-state index is 15.1. The van der Waals surface area contributed by atoms with Crippen LogP contribution in [-0.2, 0) is 17.6 Å². The van der Waals surface area contributed by atoms with Crippen molar-refractivity contribution < 1.29 is 31.9 Å². The van der Waals surface area contributed by atoms with Crippen molar-refractivity contribution in [1.82, 2.24) is 0 Å². The van der Waals surface area contributed by atoms with Crippen LogP contribution in [0.15, 0.2) is 24.3 Å². The zero-order valence-electron chi connectivity index (χ0n) is 35.0. The number of carbonyl (C=O) groups is 2. The molecule has 0 aromatic heterocycles. The van der Waals surface area contributed by atoms with Gasteiger partial charge in [-0.15, -0.1) is 0 Å². The summed E-state index contributed by atoms with van der Waals surface area (Å²) in [5.74, 6) is -0.104. The fraction of sp³-hybridized carbons (Fsp3) is 0.708. The summed E-state index contributed by atoms with van der Waals surface area (Å²) < 4.78 is 65.3. The molecule has 6 rings (SSSR count). The lowest BCUT2D eigenvalue weighted by Crippen LogP contribution is -2.34. The van der Waals surface area contributed by atoms with Gasteiger partial charge in [0.25, 0.3) is 26.3 Å². The third-order valence-electron chi connectivity index (χ3n) is 15.3. The Bertz CT molecular complexity index is 1490. The predicted molar refractivity (Wildman–Crippen MR) is 226 cm³/mol. The van der Waals surface area contributed by atoms with Crippen LogP contribution in [0.3, 0.4) is 0 Å². The van der Waals surface area contributed by atoms with Gasteiger partial charge < -0.3 is 4.74 Å². The van der Waals surface area contributed by atoms with Gasteiger partial charge >= 0.3 is 0 Å². The van der Waals surface area contributed by atoms with Crippen LogP contribution in [0.2, 0.25) is 0 Å². The highest BCUT2D eigenvalue weighted by Gasteiger charge is 2.33. The Kier molecular flexibility index (Phi) is 16.7. The van der Waals surface area contributed by atoms with Crippen LogP contribution in [0.4, 0.5) is 27.2 Å². The van der Waals surface area contributed by atoms with E-state index in [-0.39, 0.29) is 10.9 Å². The van der Waals surface area contributed by atoms with E-state index in [2.05, 4.69) is 13.8 Å². The highest BCUT2D eigenvalue weighted by atomic mass is 19.2. The van der Waals surface area contributed by atoms with E-state index in [0.717, 1.165) is 74.0 Å². The van der Waals surface area contributed by atoms with Crippen molar-refractivity contribution in [2.24, 2.45) is 47.3 Å². The third-order valence-corrected chi connectivity index (χ3v) is 15.3. The molecule has 0 N–H and O–H groups in total. The first-order valence-corrected chi connectivity index (χ1v) is 23.3. The largest absolute Gasteiger partial charge is 0.410 e. The molecule has 312 valence electrons. The average molecular weight is 791 g/mol. The normalized spacial score (nSPS) is 28.1. The van der Waals surface area contributed by atoms with Crippen LogP contribution in [0.25, 0.3) is 0 Å². The Morgan fingerprint density at radius 2 is 0.772 bits per heavy atom. The molecule has 2 aromatic carbocycles. The molecule has 4 aliphatic rings. The van der Waals surface area contributed by atoms with Crippen molar-refractivity contribution in [1.29, 1.82) is 0 Å². The molecule has 4 aliphatic carbocycles. The minimum absolute atomic E-state index is 0.201. The first-order valence-electron chi connectivity index (χ1n) is 23.3. The Hall–Kier alpha value is -2.57. The van der Waals surface area contributed by atoms with Crippen LogP contribution in [0, 0.1) is 70.6 Å². The van der Waals surface area contributed by atoms with Crippen LogP contribution in [-0.4, -0.2) is 26.3 Å². The summed E-state index contributed by atoms with van der Waals surface area (Å²) in [7, 11) is -1.28. The van der Waals surface area contributed by atoms with Crippen LogP contribution < -0.4 is 10.9 Å². The van der Waals surface area contributed by atoms with Gasteiger partial charge in [-0.2, -0.15) is 0 Å². The number of rotatable bonds is 16. The van der Waals surface area contributed by atoms with Gasteiger partial charge in [-0.1, -0.05) is 115 Å². The summed E-state index contributed by atoms with van der Waals surface area (Å²) >= 11 is 0. The molecule has 9 heteroatoms. The molecule has 0 spiro atoms. The molecule has 2 aromatic rings. The van der Waals surface area contributed by atoms with Crippen molar-refractivity contribution >= 4 is 37.2 Å². The third kappa shape index (κ3) is 12.2. The van der Waals surface area contributed by atoms with Crippen molar-refractivity contribution in [2.45, 2.75) is 168 Å². The first-order chi connectivity index (χ1) is 27.6. The molecule has 4 fully saturated rings. The topological polar surface area (TPSA) is 43.4 Å². The van der Waals surface area contributed by atoms with Gasteiger partial charge in [0, 0.05) is 0 Å². The van der Waals surface area contributed by atoms with Gasteiger partial charge in [-0.05, 0) is 146 Å². The second-order valence-corrected chi connectivity index (χ2v) is 19.0. The number of ether oxygens (including phenoxy) is 1. The predicted octanol–water partition coefficient (Wildman–Crippen LogP) is 12.0. The number of benzene rings is 2. The van der Waals surface area contributed by atoms with Gasteiger partial charge in [0.2, 0.25) is 0 Å². The summed E-state index contributed by atoms with van der Waals surface area (Å²) in [5, 5.41) is 0. The maximum atomic E-state index is 15.1. The number of halogens is 4. The average Bonchev–Trinajstić information content (AvgIpc) is 3.22. The molecule has 4 saturated carbocycles. The van der Waals surface area contributed by atoms with Crippen molar-refractivity contribution in [3.8, 4) is 0 Å². The molecule has 0 saturated heterocycles. The minimum atomic E-state index is -1.11. The van der Waals surface area contributed by atoms with E-state index in [1.165, 1.54) is 127 Å². The van der Waals surface area contributed by atoms with Crippen molar-refractivity contribution in [2.75, 3.05) is 0 Å². The minimum Gasteiger partial charge on any atom is -0.410 e. The van der Waals surface area contributed by atoms with Gasteiger partial charge in [-0.25, -0.2) is 17.6 Å². The van der Waals surface area contributed by atoms with E-state index in [1.807, 2.05) is 0 Å². The van der Waals surface area contributed by atoms with E-state index in [9.17, 15) is 9.59 Å². The Morgan fingerprint density at radius 1 is 0.474 bits per heavy atom. The number of hydrogen-bond acceptors (Lipinski definition) is 3. The lowest BCUT2D eigenvalue weighted by Gasteiger charge is -2.38. The van der Waals surface area contributed by atoms with Gasteiger partial charge in [0.15, 0.2) is 23.3 Å². The zero-order chi connectivity index (χ0) is 40.3. The molecule has 3 nitrogen and oxygen atoms in total. The van der Waals surface area contributed by atoms with Crippen molar-refractivity contribution in [3.63, 3.8) is 0 Å². The van der Waals surface area contributed by atoms with Gasteiger partial charge in [-0.3, -0.25) is 9.59 Å². The molecular formula is C48H68B2F4O3. The smallest absolute Gasteiger partial charge is 0.297 e. The second-order valence-electron chi connectivity index (χ2n) is 19.0. The number of aryl methyl sites for hydroxylation is 2. The number of carbonyl (C=O) groups excluding carboxylic acids is 2. The fourth-order valence-electron chi connectivity index (χ4n) is 11.8. The van der Waals surface area contributed by atoms with Crippen molar-refractivity contribution in [3.05, 3.63) is 58.7 Å². The summed E-state index contributed by atoms with van der Waals surface area (Å²) in [5.41, 5.74) is 0.182. The molecule has 57 heavy (non-hydrogen) atoms. The van der Waals surface area contributed by atoms with E-state index in [4.69, 9.17) is 4.74 Å². The summed E-state index contributed by atoms with van der Waals surface area (Å²) in [6.45, 7) is 4.56. The van der Waals surface area contributed by atoms with Gasteiger partial charge in [0.05, 0.1) is 0 Å². The SMILES string of the molecule is CCCC1CCC(C2CCC(CCc3ccc(BC(=O)OC(=O)Bc4ccc(CCC5CCC(C6CCC(CCC)CC6)CC5)c(F)c4F)c(F)c3F)CC2)CC1. The monoisotopic (exact) mass is 791 g/mol. The second kappa shape index (κ2) is 21.6. The van der Waals surface area contributed by atoms with Crippen LogP contribution in [0.1, 0.15) is 166 Å². The molecule has 0 heterocycles. The Morgan fingerprint density at radius 3 is 1.07 bits per heavy atom. The molecule has 0 atom stereocenters. The Balaban J connectivity index is 0.893. The summed E-state index contributed by atoms with van der Waals surface area (Å²) in [6.07, 6.45) is 28.3. The fourth-order valence-corrected chi connectivity index (χ4v) is 11.8. The highest BCUT2D eigenvalue weighted by molar-refractivity contribution is 6.87. The van der Waals surface area contributed by atoms with E-state index in [0.29, 0.717) is 35.8 Å². The zero-order valence-corrected chi connectivity index (χ0v) is 35.0. The van der Waals surface area contributed by atoms with E-state index >= 15 is 17.6 Å². The summed E-state index contributed by atoms with van der Waals surface area (Å²) in [6, 6.07) is 5.80. The molecule has 0 amide bonds. The molecule has 0 bridgehead atoms. The van der Waals surface area contributed by atoms with E-state index < -0.39 is 49.6 Å². The Labute approximate surface area is 342 Å². The molecule has 0 aliphatic heterocycles. The maximum Gasteiger partial charge on any atom is 0.297 e. The quantitative estimate of drug-likeness (QED) is 0.0966. The lowest BCUT2D eigenvalue weighted by atomic mass is 9.67. The van der Waals surface area contributed by atoms with Crippen LogP contribution in [0.5, 0.6) is 0 Å². The van der Waals surface area contributed by atoms with E-state index in [1.54, 1.807) is 0 Å². The highest BCUT2D eigenvalue weighted by Crippen LogP contribution is 2.44. The first kappa shape index (κ1) is 44.0.